The van der Waals surface area contributed by atoms with E-state index in [-0.39, 0.29) is 6.04 Å². The first kappa shape index (κ1) is 10.3. The zero-order valence-corrected chi connectivity index (χ0v) is 9.74. The smallest absolute Gasteiger partial charge is 0.140 e. The second-order valence-electron chi connectivity index (χ2n) is 4.44. The summed E-state index contributed by atoms with van der Waals surface area (Å²) < 4.78 is 5.34. The van der Waals surface area contributed by atoms with Gasteiger partial charge in [-0.25, -0.2) is 0 Å². The molecule has 2 unspecified atom stereocenters. The highest BCUT2D eigenvalue weighted by atomic mass is 16.5. The number of methoxy groups -OCH3 is 1. The SMILES string of the molecule is COC1=C2NC(C(C)C)=NC2C(C)C=C1. The molecule has 0 saturated heterocycles. The number of allylic oxidation sites excluding steroid dienone is 1. The molecule has 1 aliphatic heterocycles. The van der Waals surface area contributed by atoms with Gasteiger partial charge in [0.2, 0.25) is 0 Å². The fourth-order valence-electron chi connectivity index (χ4n) is 1.95. The topological polar surface area (TPSA) is 33.6 Å². The van der Waals surface area contributed by atoms with Gasteiger partial charge in [0.25, 0.3) is 0 Å². The highest BCUT2D eigenvalue weighted by Crippen LogP contribution is 2.29. The van der Waals surface area contributed by atoms with Gasteiger partial charge < -0.3 is 10.1 Å². The first-order valence-corrected chi connectivity index (χ1v) is 5.44. The van der Waals surface area contributed by atoms with Crippen LogP contribution in [0.1, 0.15) is 20.8 Å². The number of hydrogen-bond acceptors (Lipinski definition) is 3. The van der Waals surface area contributed by atoms with Crippen LogP contribution in [0.5, 0.6) is 0 Å². The Balaban J connectivity index is 2.32. The molecule has 0 aromatic carbocycles. The number of amidine groups is 1. The molecule has 0 aromatic heterocycles. The van der Waals surface area contributed by atoms with E-state index in [0.29, 0.717) is 11.8 Å². The van der Waals surface area contributed by atoms with Crippen molar-refractivity contribution in [3.05, 3.63) is 23.6 Å². The zero-order chi connectivity index (χ0) is 11.0. The van der Waals surface area contributed by atoms with Crippen LogP contribution in [-0.2, 0) is 4.74 Å². The van der Waals surface area contributed by atoms with E-state index in [0.717, 1.165) is 17.3 Å². The Hall–Kier alpha value is -1.25. The zero-order valence-electron chi connectivity index (χ0n) is 9.74. The molecule has 2 rings (SSSR count). The maximum absolute atomic E-state index is 5.34. The minimum Gasteiger partial charge on any atom is -0.495 e. The molecule has 0 aromatic rings. The van der Waals surface area contributed by atoms with Gasteiger partial charge in [0, 0.05) is 11.8 Å². The summed E-state index contributed by atoms with van der Waals surface area (Å²) in [7, 11) is 1.70. The molecule has 1 N–H and O–H groups in total. The molecule has 0 saturated carbocycles. The van der Waals surface area contributed by atoms with Gasteiger partial charge in [-0.1, -0.05) is 26.8 Å². The minimum absolute atomic E-state index is 0.224. The van der Waals surface area contributed by atoms with Crippen molar-refractivity contribution < 1.29 is 4.74 Å². The van der Waals surface area contributed by atoms with E-state index in [4.69, 9.17) is 9.73 Å². The Labute approximate surface area is 90.9 Å². The van der Waals surface area contributed by atoms with Crippen LogP contribution in [0.2, 0.25) is 0 Å². The molecule has 0 radical (unpaired) electrons. The minimum atomic E-state index is 0.224. The fraction of sp³-hybridized carbons (Fsp3) is 0.583. The Kier molecular flexibility index (Phi) is 2.55. The van der Waals surface area contributed by atoms with Gasteiger partial charge >= 0.3 is 0 Å². The molecule has 3 nitrogen and oxygen atoms in total. The standard InChI is InChI=1S/C12H18N2O/c1-7(2)12-13-10-8(3)5-6-9(15-4)11(10)14-12/h5-8,10H,1-4H3,(H,13,14). The molecule has 15 heavy (non-hydrogen) atoms. The normalized spacial score (nSPS) is 29.0. The summed E-state index contributed by atoms with van der Waals surface area (Å²) in [5.41, 5.74) is 1.12. The number of hydrogen-bond donors (Lipinski definition) is 1. The highest BCUT2D eigenvalue weighted by molar-refractivity contribution is 5.88. The number of rotatable bonds is 2. The molecule has 0 spiro atoms. The van der Waals surface area contributed by atoms with Crippen LogP contribution in [0.4, 0.5) is 0 Å². The summed E-state index contributed by atoms with van der Waals surface area (Å²) in [5, 5.41) is 3.38. The molecule has 1 aliphatic carbocycles. The summed E-state index contributed by atoms with van der Waals surface area (Å²) in [6.07, 6.45) is 4.18. The van der Waals surface area contributed by atoms with Gasteiger partial charge in [-0.3, -0.25) is 4.99 Å². The van der Waals surface area contributed by atoms with E-state index in [9.17, 15) is 0 Å². The van der Waals surface area contributed by atoms with Crippen LogP contribution in [0.3, 0.4) is 0 Å². The molecule has 2 aliphatic rings. The van der Waals surface area contributed by atoms with Gasteiger partial charge in [-0.2, -0.15) is 0 Å². The molecular formula is C12H18N2O. The maximum atomic E-state index is 5.34. The van der Waals surface area contributed by atoms with E-state index in [1.165, 1.54) is 0 Å². The van der Waals surface area contributed by atoms with Crippen molar-refractivity contribution >= 4 is 5.84 Å². The van der Waals surface area contributed by atoms with E-state index >= 15 is 0 Å². The summed E-state index contributed by atoms with van der Waals surface area (Å²) in [5.74, 6) is 2.87. The summed E-state index contributed by atoms with van der Waals surface area (Å²) in [6.45, 7) is 6.48. The van der Waals surface area contributed by atoms with E-state index in [1.807, 2.05) is 6.08 Å². The molecule has 3 heteroatoms. The molecule has 2 atom stereocenters. The van der Waals surface area contributed by atoms with Crippen molar-refractivity contribution in [1.82, 2.24) is 5.32 Å². The molecule has 82 valence electrons. The Morgan fingerprint density at radius 1 is 1.47 bits per heavy atom. The van der Waals surface area contributed by atoms with Gasteiger partial charge in [-0.15, -0.1) is 0 Å². The van der Waals surface area contributed by atoms with Crippen LogP contribution in [0.25, 0.3) is 0 Å². The van der Waals surface area contributed by atoms with E-state index in [1.54, 1.807) is 7.11 Å². The maximum Gasteiger partial charge on any atom is 0.140 e. The third kappa shape index (κ3) is 1.66. The summed E-state index contributed by atoms with van der Waals surface area (Å²) in [4.78, 5) is 4.71. The Morgan fingerprint density at radius 2 is 2.20 bits per heavy atom. The van der Waals surface area contributed by atoms with Crippen molar-refractivity contribution in [3.8, 4) is 0 Å². The molecule has 0 amide bonds. The van der Waals surface area contributed by atoms with Gasteiger partial charge in [0.05, 0.1) is 12.8 Å². The first-order valence-electron chi connectivity index (χ1n) is 5.44. The monoisotopic (exact) mass is 206 g/mol. The molecule has 1 heterocycles. The second-order valence-corrected chi connectivity index (χ2v) is 4.44. The number of fused-ring (bicyclic) bond motifs is 1. The van der Waals surface area contributed by atoms with Gasteiger partial charge in [-0.05, 0) is 6.08 Å². The lowest BCUT2D eigenvalue weighted by molar-refractivity contribution is 0.293. The van der Waals surface area contributed by atoms with Crippen molar-refractivity contribution in [2.75, 3.05) is 7.11 Å². The lowest BCUT2D eigenvalue weighted by Crippen LogP contribution is -2.27. The van der Waals surface area contributed by atoms with Crippen LogP contribution in [0.15, 0.2) is 28.6 Å². The average Bonchev–Trinajstić information content (AvgIpc) is 2.64. The van der Waals surface area contributed by atoms with E-state index in [2.05, 4.69) is 32.2 Å². The van der Waals surface area contributed by atoms with Crippen LogP contribution >= 0.6 is 0 Å². The third-order valence-corrected chi connectivity index (χ3v) is 2.92. The van der Waals surface area contributed by atoms with Crippen molar-refractivity contribution in [2.45, 2.75) is 26.8 Å². The Morgan fingerprint density at radius 3 is 2.80 bits per heavy atom. The first-order chi connectivity index (χ1) is 7.13. The van der Waals surface area contributed by atoms with Crippen LogP contribution in [-0.4, -0.2) is 19.0 Å². The number of nitrogens with one attached hydrogen (secondary N) is 1. The van der Waals surface area contributed by atoms with Gasteiger partial charge in [0.1, 0.15) is 17.6 Å². The van der Waals surface area contributed by atoms with Crippen molar-refractivity contribution in [3.63, 3.8) is 0 Å². The molecular weight excluding hydrogens is 188 g/mol. The lowest BCUT2D eigenvalue weighted by Gasteiger charge is -2.21. The number of aliphatic imine (C=N–C) groups is 1. The van der Waals surface area contributed by atoms with Crippen molar-refractivity contribution in [1.29, 1.82) is 0 Å². The number of ether oxygens (including phenoxy) is 1. The highest BCUT2D eigenvalue weighted by Gasteiger charge is 2.32. The molecule has 0 fully saturated rings. The molecule has 0 bridgehead atoms. The van der Waals surface area contributed by atoms with Gasteiger partial charge in [0.15, 0.2) is 0 Å². The fourth-order valence-corrected chi connectivity index (χ4v) is 1.95. The Bertz CT molecular complexity index is 353. The van der Waals surface area contributed by atoms with E-state index < -0.39 is 0 Å². The second kappa shape index (κ2) is 3.72. The summed E-state index contributed by atoms with van der Waals surface area (Å²) in [6, 6.07) is 0.224. The summed E-state index contributed by atoms with van der Waals surface area (Å²) >= 11 is 0. The largest absolute Gasteiger partial charge is 0.495 e. The third-order valence-electron chi connectivity index (χ3n) is 2.92. The van der Waals surface area contributed by atoms with Crippen molar-refractivity contribution in [2.24, 2.45) is 16.8 Å². The lowest BCUT2D eigenvalue weighted by atomic mass is 9.94. The predicted molar refractivity (Wildman–Crippen MR) is 61.5 cm³/mol. The number of nitrogens with zero attached hydrogens (tertiary/aromatic N) is 1. The average molecular weight is 206 g/mol. The van der Waals surface area contributed by atoms with Crippen LogP contribution in [0, 0.1) is 11.8 Å². The predicted octanol–water partition coefficient (Wildman–Crippen LogP) is 2.08. The quantitative estimate of drug-likeness (QED) is 0.750. The van der Waals surface area contributed by atoms with Crippen LogP contribution < -0.4 is 5.32 Å².